The zero-order valence-corrected chi connectivity index (χ0v) is 12.3. The normalized spacial score (nSPS) is 40.5. The molecule has 4 aliphatic rings. The molecule has 3 nitrogen and oxygen atoms in total. The molecule has 4 saturated carbocycles. The van der Waals surface area contributed by atoms with Crippen molar-refractivity contribution in [3.05, 3.63) is 0 Å². The molecule has 0 aromatic carbocycles. The number of rotatable bonds is 4. The molecule has 0 spiro atoms. The van der Waals surface area contributed by atoms with Crippen LogP contribution in [0.15, 0.2) is 0 Å². The fourth-order valence-electron chi connectivity index (χ4n) is 5.03. The van der Waals surface area contributed by atoms with Gasteiger partial charge in [-0.25, -0.2) is 0 Å². The van der Waals surface area contributed by atoms with Crippen molar-refractivity contribution in [2.75, 3.05) is 0 Å². The Balaban J connectivity index is 1.69. The molecular formula is C16H28N2O. The number of nitrogens with two attached hydrogens (primary N) is 1. The highest BCUT2D eigenvalue weighted by Crippen LogP contribution is 2.53. The standard InChI is InChI=1S/C16H28N2O/c1-3-16(17,4-2)15(19)18-14-12-6-10-5-11(8-12)9-13(14)7-10/h10-14H,3-9,17H2,1-2H3,(H,18,19). The Kier molecular flexibility index (Phi) is 3.36. The number of amides is 1. The third-order valence-electron chi connectivity index (χ3n) is 6.24. The fraction of sp³-hybridized carbons (Fsp3) is 0.938. The van der Waals surface area contributed by atoms with Crippen LogP contribution in [0.5, 0.6) is 0 Å². The van der Waals surface area contributed by atoms with Gasteiger partial charge in [0.1, 0.15) is 0 Å². The molecule has 108 valence electrons. The van der Waals surface area contributed by atoms with Crippen LogP contribution in [0.2, 0.25) is 0 Å². The number of hydrogen-bond donors (Lipinski definition) is 2. The quantitative estimate of drug-likeness (QED) is 0.819. The summed E-state index contributed by atoms with van der Waals surface area (Å²) in [4.78, 5) is 12.5. The van der Waals surface area contributed by atoms with E-state index in [2.05, 4.69) is 5.32 Å². The van der Waals surface area contributed by atoms with Crippen LogP contribution in [0.3, 0.4) is 0 Å². The van der Waals surface area contributed by atoms with E-state index in [1.165, 1.54) is 32.1 Å². The van der Waals surface area contributed by atoms with Gasteiger partial charge in [0.2, 0.25) is 5.91 Å². The van der Waals surface area contributed by atoms with Crippen molar-refractivity contribution < 1.29 is 4.79 Å². The van der Waals surface area contributed by atoms with Crippen LogP contribution in [0.25, 0.3) is 0 Å². The van der Waals surface area contributed by atoms with Gasteiger partial charge in [-0.2, -0.15) is 0 Å². The molecule has 0 aromatic heterocycles. The van der Waals surface area contributed by atoms with Crippen molar-refractivity contribution in [1.29, 1.82) is 0 Å². The molecule has 0 atom stereocenters. The van der Waals surface area contributed by atoms with Gasteiger partial charge in [0.25, 0.3) is 0 Å². The van der Waals surface area contributed by atoms with E-state index in [1.807, 2.05) is 13.8 Å². The summed E-state index contributed by atoms with van der Waals surface area (Å²) in [5, 5.41) is 3.34. The van der Waals surface area contributed by atoms with Crippen LogP contribution < -0.4 is 11.1 Å². The van der Waals surface area contributed by atoms with Gasteiger partial charge in [0.05, 0.1) is 5.54 Å². The highest BCUT2D eigenvalue weighted by molar-refractivity contribution is 5.86. The number of hydrogen-bond acceptors (Lipinski definition) is 2. The van der Waals surface area contributed by atoms with Crippen LogP contribution >= 0.6 is 0 Å². The predicted molar refractivity (Wildman–Crippen MR) is 76.5 cm³/mol. The average molecular weight is 264 g/mol. The van der Waals surface area contributed by atoms with Gasteiger partial charge in [0, 0.05) is 6.04 Å². The number of nitrogens with one attached hydrogen (secondary N) is 1. The Morgan fingerprint density at radius 2 is 1.53 bits per heavy atom. The van der Waals surface area contributed by atoms with Crippen molar-refractivity contribution in [3.8, 4) is 0 Å². The van der Waals surface area contributed by atoms with E-state index < -0.39 is 5.54 Å². The first-order valence-corrected chi connectivity index (χ1v) is 8.15. The molecule has 0 aromatic rings. The van der Waals surface area contributed by atoms with Gasteiger partial charge >= 0.3 is 0 Å². The Morgan fingerprint density at radius 3 is 1.95 bits per heavy atom. The minimum absolute atomic E-state index is 0.0926. The summed E-state index contributed by atoms with van der Waals surface area (Å²) >= 11 is 0. The molecule has 3 heteroatoms. The Hall–Kier alpha value is -0.570. The third kappa shape index (κ3) is 2.20. The van der Waals surface area contributed by atoms with E-state index >= 15 is 0 Å². The maximum absolute atomic E-state index is 12.5. The van der Waals surface area contributed by atoms with Crippen LogP contribution in [0.4, 0.5) is 0 Å². The molecule has 0 heterocycles. The van der Waals surface area contributed by atoms with E-state index in [1.54, 1.807) is 0 Å². The first-order chi connectivity index (χ1) is 9.05. The molecule has 4 aliphatic carbocycles. The van der Waals surface area contributed by atoms with Crippen LogP contribution in [-0.2, 0) is 4.79 Å². The Bertz CT molecular complexity index is 334. The molecule has 0 radical (unpaired) electrons. The number of carbonyl (C=O) groups is 1. The SMILES string of the molecule is CCC(N)(CC)C(=O)NC1C2CC3CC(C2)CC1C3. The fourth-order valence-corrected chi connectivity index (χ4v) is 5.03. The molecule has 0 saturated heterocycles. The molecular weight excluding hydrogens is 236 g/mol. The summed E-state index contributed by atoms with van der Waals surface area (Å²) in [5.74, 6) is 3.47. The van der Waals surface area contributed by atoms with Gasteiger partial charge in [-0.05, 0) is 68.6 Å². The maximum atomic E-state index is 12.5. The summed E-state index contributed by atoms with van der Waals surface area (Å²) in [7, 11) is 0. The average Bonchev–Trinajstić information content (AvgIpc) is 2.40. The van der Waals surface area contributed by atoms with E-state index in [0.29, 0.717) is 6.04 Å². The van der Waals surface area contributed by atoms with Gasteiger partial charge < -0.3 is 11.1 Å². The molecule has 0 unspecified atom stereocenters. The van der Waals surface area contributed by atoms with Crippen molar-refractivity contribution in [2.24, 2.45) is 29.4 Å². The van der Waals surface area contributed by atoms with Crippen molar-refractivity contribution in [2.45, 2.75) is 70.4 Å². The summed E-state index contributed by atoms with van der Waals surface area (Å²) in [6, 6.07) is 0.418. The van der Waals surface area contributed by atoms with E-state index in [0.717, 1.165) is 36.5 Å². The van der Waals surface area contributed by atoms with Crippen LogP contribution in [-0.4, -0.2) is 17.5 Å². The maximum Gasteiger partial charge on any atom is 0.240 e. The van der Waals surface area contributed by atoms with E-state index in [4.69, 9.17) is 5.73 Å². The van der Waals surface area contributed by atoms with Gasteiger partial charge in [0.15, 0.2) is 0 Å². The summed E-state index contributed by atoms with van der Waals surface area (Å²) in [5.41, 5.74) is 5.57. The molecule has 1 amide bonds. The second-order valence-corrected chi connectivity index (χ2v) is 7.29. The lowest BCUT2D eigenvalue weighted by atomic mass is 9.54. The monoisotopic (exact) mass is 264 g/mol. The van der Waals surface area contributed by atoms with E-state index in [-0.39, 0.29) is 5.91 Å². The lowest BCUT2D eigenvalue weighted by molar-refractivity contribution is -0.130. The third-order valence-corrected chi connectivity index (χ3v) is 6.24. The summed E-state index contributed by atoms with van der Waals surface area (Å²) in [6.07, 6.45) is 8.27. The first-order valence-electron chi connectivity index (χ1n) is 8.15. The second kappa shape index (κ2) is 4.76. The minimum atomic E-state index is -0.658. The summed E-state index contributed by atoms with van der Waals surface area (Å²) in [6.45, 7) is 4.03. The van der Waals surface area contributed by atoms with Crippen molar-refractivity contribution in [1.82, 2.24) is 5.32 Å². The van der Waals surface area contributed by atoms with Crippen molar-refractivity contribution >= 4 is 5.91 Å². The first kappa shape index (κ1) is 13.4. The van der Waals surface area contributed by atoms with Gasteiger partial charge in [-0.1, -0.05) is 13.8 Å². The van der Waals surface area contributed by atoms with Gasteiger partial charge in [-0.3, -0.25) is 4.79 Å². The highest BCUT2D eigenvalue weighted by Gasteiger charge is 2.49. The largest absolute Gasteiger partial charge is 0.351 e. The highest BCUT2D eigenvalue weighted by atomic mass is 16.2. The van der Waals surface area contributed by atoms with Gasteiger partial charge in [-0.15, -0.1) is 0 Å². The Labute approximate surface area is 116 Å². The summed E-state index contributed by atoms with van der Waals surface area (Å²) < 4.78 is 0. The van der Waals surface area contributed by atoms with E-state index in [9.17, 15) is 4.79 Å². The lowest BCUT2D eigenvalue weighted by Crippen LogP contribution is -2.61. The van der Waals surface area contributed by atoms with Crippen molar-refractivity contribution in [3.63, 3.8) is 0 Å². The zero-order chi connectivity index (χ0) is 13.6. The topological polar surface area (TPSA) is 55.1 Å². The second-order valence-electron chi connectivity index (χ2n) is 7.29. The smallest absolute Gasteiger partial charge is 0.240 e. The van der Waals surface area contributed by atoms with Crippen LogP contribution in [0.1, 0.15) is 58.8 Å². The van der Waals surface area contributed by atoms with Crippen LogP contribution in [0, 0.1) is 23.7 Å². The zero-order valence-electron chi connectivity index (χ0n) is 12.3. The Morgan fingerprint density at radius 1 is 1.05 bits per heavy atom. The molecule has 3 N–H and O–H groups in total. The molecule has 4 fully saturated rings. The lowest BCUT2D eigenvalue weighted by Gasteiger charge is -2.54. The molecule has 4 bridgehead atoms. The molecule has 0 aliphatic heterocycles. The number of carbonyl (C=O) groups excluding carboxylic acids is 1. The minimum Gasteiger partial charge on any atom is -0.351 e. The molecule has 4 rings (SSSR count). The predicted octanol–water partition coefficient (Wildman–Crippen LogP) is 2.44. The molecule has 19 heavy (non-hydrogen) atoms.